The number of hydrogen-bond acceptors (Lipinski definition) is 3. The molecule has 0 spiro atoms. The Balaban J connectivity index is 1.58. The standard InChI is InChI=1S/C26H24N4OS/c1-31-21-14-12-20(13-15-21)29-17-7-11-23(29)25-24(22-10-5-6-16-27-22)28-26(32)30(25)18-19-8-3-2-4-9-19/h2-17,24-25H,18H2,1H3,(H,28,32)/t24-,25-/m1/s1. The van der Waals surface area contributed by atoms with Crippen molar-refractivity contribution >= 4 is 17.3 Å². The zero-order valence-electron chi connectivity index (χ0n) is 17.8. The summed E-state index contributed by atoms with van der Waals surface area (Å²) in [4.78, 5) is 6.91. The first kappa shape index (κ1) is 20.3. The van der Waals surface area contributed by atoms with Crippen LogP contribution in [0.25, 0.3) is 5.69 Å². The fourth-order valence-corrected chi connectivity index (χ4v) is 4.60. The number of aromatic nitrogens is 2. The number of hydrogen-bond donors (Lipinski definition) is 1. The highest BCUT2D eigenvalue weighted by Gasteiger charge is 2.41. The zero-order valence-corrected chi connectivity index (χ0v) is 18.6. The van der Waals surface area contributed by atoms with Crippen LogP contribution in [0, 0.1) is 0 Å². The molecule has 6 heteroatoms. The Labute approximate surface area is 193 Å². The Morgan fingerprint density at radius 3 is 2.44 bits per heavy atom. The predicted molar refractivity (Wildman–Crippen MR) is 130 cm³/mol. The molecule has 1 N–H and O–H groups in total. The summed E-state index contributed by atoms with van der Waals surface area (Å²) < 4.78 is 7.55. The first-order chi connectivity index (χ1) is 15.7. The van der Waals surface area contributed by atoms with Crippen LogP contribution in [0.4, 0.5) is 0 Å². The van der Waals surface area contributed by atoms with Gasteiger partial charge in [-0.05, 0) is 66.3 Å². The molecule has 0 aliphatic carbocycles. The van der Waals surface area contributed by atoms with E-state index < -0.39 is 0 Å². The number of nitrogens with one attached hydrogen (secondary N) is 1. The minimum Gasteiger partial charge on any atom is -0.497 e. The monoisotopic (exact) mass is 440 g/mol. The predicted octanol–water partition coefficient (Wildman–Crippen LogP) is 5.05. The Hall–Kier alpha value is -3.64. The number of ether oxygens (including phenoxy) is 1. The van der Waals surface area contributed by atoms with E-state index in [1.54, 1.807) is 7.11 Å². The molecule has 0 amide bonds. The van der Waals surface area contributed by atoms with Gasteiger partial charge in [-0.2, -0.15) is 0 Å². The van der Waals surface area contributed by atoms with E-state index in [1.807, 2.05) is 36.5 Å². The van der Waals surface area contributed by atoms with Gasteiger partial charge in [0.1, 0.15) is 5.75 Å². The van der Waals surface area contributed by atoms with Gasteiger partial charge >= 0.3 is 0 Å². The van der Waals surface area contributed by atoms with Crippen LogP contribution in [0.15, 0.2) is 97.3 Å². The number of rotatable bonds is 6. The molecule has 5 rings (SSSR count). The van der Waals surface area contributed by atoms with Gasteiger partial charge in [0.05, 0.1) is 24.9 Å². The molecule has 32 heavy (non-hydrogen) atoms. The molecule has 3 heterocycles. The fourth-order valence-electron chi connectivity index (χ4n) is 4.29. The highest BCUT2D eigenvalue weighted by molar-refractivity contribution is 7.80. The third-order valence-electron chi connectivity index (χ3n) is 5.83. The molecule has 1 aliphatic rings. The second-order valence-electron chi connectivity index (χ2n) is 7.74. The van der Waals surface area contributed by atoms with Gasteiger partial charge in [-0.3, -0.25) is 4.98 Å². The fraction of sp³-hybridized carbons (Fsp3) is 0.154. The lowest BCUT2D eigenvalue weighted by atomic mass is 10.0. The lowest BCUT2D eigenvalue weighted by molar-refractivity contribution is 0.302. The zero-order chi connectivity index (χ0) is 21.9. The van der Waals surface area contributed by atoms with Crippen LogP contribution in [-0.4, -0.2) is 26.7 Å². The van der Waals surface area contributed by atoms with Gasteiger partial charge in [0.15, 0.2) is 5.11 Å². The van der Waals surface area contributed by atoms with Crippen molar-refractivity contribution in [2.24, 2.45) is 0 Å². The van der Waals surface area contributed by atoms with Crippen LogP contribution in [0.5, 0.6) is 5.75 Å². The molecule has 1 saturated heterocycles. The van der Waals surface area contributed by atoms with Gasteiger partial charge in [0.2, 0.25) is 0 Å². The van der Waals surface area contributed by atoms with Crippen molar-refractivity contribution in [3.63, 3.8) is 0 Å². The molecule has 1 aliphatic heterocycles. The number of pyridine rings is 1. The summed E-state index contributed by atoms with van der Waals surface area (Å²) in [5.74, 6) is 0.836. The topological polar surface area (TPSA) is 42.3 Å². The van der Waals surface area contributed by atoms with Gasteiger partial charge in [-0.1, -0.05) is 36.4 Å². The molecular formula is C26H24N4OS. The second kappa shape index (κ2) is 8.85. The molecule has 1 fully saturated rings. The summed E-state index contributed by atoms with van der Waals surface area (Å²) in [7, 11) is 1.68. The number of nitrogens with zero attached hydrogens (tertiary/aromatic N) is 3. The first-order valence-corrected chi connectivity index (χ1v) is 11.0. The van der Waals surface area contributed by atoms with Crippen molar-refractivity contribution < 1.29 is 4.74 Å². The quantitative estimate of drug-likeness (QED) is 0.425. The van der Waals surface area contributed by atoms with Crippen molar-refractivity contribution in [1.29, 1.82) is 0 Å². The van der Waals surface area contributed by atoms with E-state index in [0.717, 1.165) is 27.9 Å². The highest BCUT2D eigenvalue weighted by Crippen LogP contribution is 2.40. The summed E-state index contributed by atoms with van der Waals surface area (Å²) in [6.45, 7) is 0.717. The van der Waals surface area contributed by atoms with Crippen molar-refractivity contribution in [2.45, 2.75) is 18.6 Å². The maximum atomic E-state index is 5.82. The largest absolute Gasteiger partial charge is 0.497 e. The summed E-state index contributed by atoms with van der Waals surface area (Å²) in [5.41, 5.74) is 4.40. The SMILES string of the molecule is COc1ccc(-n2cccc2[C@@H]2[C@@H](c3ccccn3)NC(=S)N2Cc2ccccc2)cc1. The molecule has 0 radical (unpaired) electrons. The highest BCUT2D eigenvalue weighted by atomic mass is 32.1. The second-order valence-corrected chi connectivity index (χ2v) is 8.13. The van der Waals surface area contributed by atoms with E-state index in [1.165, 1.54) is 5.56 Å². The summed E-state index contributed by atoms with van der Waals surface area (Å²) in [6.07, 6.45) is 3.92. The Kier molecular flexibility index (Phi) is 5.60. The third kappa shape index (κ3) is 3.85. The van der Waals surface area contributed by atoms with E-state index in [9.17, 15) is 0 Å². The van der Waals surface area contributed by atoms with Gasteiger partial charge in [0.25, 0.3) is 0 Å². The van der Waals surface area contributed by atoms with Crippen molar-refractivity contribution in [2.75, 3.05) is 7.11 Å². The van der Waals surface area contributed by atoms with Crippen LogP contribution in [0.1, 0.15) is 29.0 Å². The molecule has 0 saturated carbocycles. The Bertz CT molecular complexity index is 1190. The van der Waals surface area contributed by atoms with Crippen molar-refractivity contribution in [1.82, 2.24) is 19.8 Å². The van der Waals surface area contributed by atoms with Crippen LogP contribution < -0.4 is 10.1 Å². The van der Waals surface area contributed by atoms with E-state index in [4.69, 9.17) is 17.0 Å². The lowest BCUT2D eigenvalue weighted by Crippen LogP contribution is -2.30. The molecule has 2 aromatic carbocycles. The van der Waals surface area contributed by atoms with E-state index in [-0.39, 0.29) is 12.1 Å². The van der Waals surface area contributed by atoms with Crippen molar-refractivity contribution in [3.8, 4) is 11.4 Å². The van der Waals surface area contributed by atoms with E-state index in [0.29, 0.717) is 6.54 Å². The van der Waals surface area contributed by atoms with Crippen LogP contribution in [0.3, 0.4) is 0 Å². The molecule has 4 aromatic rings. The Morgan fingerprint density at radius 1 is 0.938 bits per heavy atom. The van der Waals surface area contributed by atoms with E-state index in [2.05, 4.69) is 80.6 Å². The van der Waals surface area contributed by atoms with Gasteiger partial charge in [-0.15, -0.1) is 0 Å². The molecule has 2 atom stereocenters. The van der Waals surface area contributed by atoms with Crippen LogP contribution >= 0.6 is 12.2 Å². The summed E-state index contributed by atoms with van der Waals surface area (Å²) in [5, 5.41) is 4.27. The molecule has 160 valence electrons. The van der Waals surface area contributed by atoms with Gasteiger partial charge in [-0.25, -0.2) is 0 Å². The van der Waals surface area contributed by atoms with Gasteiger partial charge < -0.3 is 19.5 Å². The molecular weight excluding hydrogens is 416 g/mol. The maximum Gasteiger partial charge on any atom is 0.170 e. The van der Waals surface area contributed by atoms with Crippen molar-refractivity contribution in [3.05, 3.63) is 114 Å². The molecule has 5 nitrogen and oxygen atoms in total. The minimum absolute atomic E-state index is 0.0188. The molecule has 2 aromatic heterocycles. The number of thiocarbonyl (C=S) groups is 1. The average molecular weight is 441 g/mol. The number of methoxy groups -OCH3 is 1. The van der Waals surface area contributed by atoms with Crippen LogP contribution in [-0.2, 0) is 6.54 Å². The minimum atomic E-state index is -0.0562. The summed E-state index contributed by atoms with van der Waals surface area (Å²) in [6, 6.07) is 28.7. The Morgan fingerprint density at radius 2 is 1.72 bits per heavy atom. The summed E-state index contributed by atoms with van der Waals surface area (Å²) >= 11 is 5.82. The smallest absolute Gasteiger partial charge is 0.170 e. The molecule has 0 bridgehead atoms. The number of benzene rings is 2. The first-order valence-electron chi connectivity index (χ1n) is 10.6. The van der Waals surface area contributed by atoms with Gasteiger partial charge in [0, 0.05) is 30.3 Å². The van der Waals surface area contributed by atoms with E-state index >= 15 is 0 Å². The third-order valence-corrected chi connectivity index (χ3v) is 6.18. The molecule has 0 unspecified atom stereocenters. The average Bonchev–Trinajstić information content (AvgIpc) is 3.45. The lowest BCUT2D eigenvalue weighted by Gasteiger charge is -2.29. The van der Waals surface area contributed by atoms with Crippen LogP contribution in [0.2, 0.25) is 0 Å². The normalized spacial score (nSPS) is 17.9. The maximum absolute atomic E-state index is 5.82.